The quantitative estimate of drug-likeness (QED) is 0.615. The third-order valence-electron chi connectivity index (χ3n) is 6.00. The maximum Gasteiger partial charge on any atom is 0.162 e. The molecule has 0 radical (unpaired) electrons. The van der Waals surface area contributed by atoms with Crippen molar-refractivity contribution in [2.45, 2.75) is 62.3 Å². The van der Waals surface area contributed by atoms with E-state index in [1.165, 1.54) is 19.9 Å². The first-order valence-corrected chi connectivity index (χ1v) is 9.29. The van der Waals surface area contributed by atoms with Crippen LogP contribution in [0.25, 0.3) is 0 Å². The van der Waals surface area contributed by atoms with Gasteiger partial charge in [0.1, 0.15) is 37.0 Å². The molecule has 4 rings (SSSR count). The first-order valence-electron chi connectivity index (χ1n) is 9.29. The number of hydrogen-bond donors (Lipinski definition) is 3. The lowest BCUT2D eigenvalue weighted by molar-refractivity contribution is -0.0765. The molecule has 0 spiro atoms. The van der Waals surface area contributed by atoms with Crippen LogP contribution in [0.5, 0.6) is 0 Å². The van der Waals surface area contributed by atoms with Crippen molar-refractivity contribution in [1.82, 2.24) is 4.90 Å². The van der Waals surface area contributed by atoms with E-state index in [9.17, 15) is 10.2 Å². The van der Waals surface area contributed by atoms with Crippen LogP contribution in [-0.2, 0) is 9.47 Å². The summed E-state index contributed by atoms with van der Waals surface area (Å²) < 4.78 is 11.3. The topological polar surface area (TPSA) is 125 Å². The van der Waals surface area contributed by atoms with Gasteiger partial charge in [0, 0.05) is 13.0 Å². The van der Waals surface area contributed by atoms with E-state index in [0.717, 1.165) is 25.7 Å². The molecule has 2 fully saturated rings. The summed E-state index contributed by atoms with van der Waals surface area (Å²) in [5, 5.41) is 19.8. The van der Waals surface area contributed by atoms with Gasteiger partial charge in [-0.3, -0.25) is 4.99 Å². The number of aliphatic hydroxyl groups excluding tert-OH is 2. The molecule has 1 saturated heterocycles. The van der Waals surface area contributed by atoms with Crippen molar-refractivity contribution in [3.8, 4) is 0 Å². The molecule has 4 N–H and O–H groups in total. The van der Waals surface area contributed by atoms with E-state index >= 15 is 0 Å². The third kappa shape index (κ3) is 2.69. The Labute approximate surface area is 152 Å². The second kappa shape index (κ2) is 6.97. The first-order chi connectivity index (χ1) is 12.6. The molecule has 0 aromatic rings. The summed E-state index contributed by atoms with van der Waals surface area (Å²) in [7, 11) is 1.52. The van der Waals surface area contributed by atoms with E-state index in [4.69, 9.17) is 15.2 Å². The van der Waals surface area contributed by atoms with Crippen molar-refractivity contribution < 1.29 is 19.7 Å². The molecular formula is C17H27N5O4. The second-order valence-electron chi connectivity index (χ2n) is 7.41. The molecule has 4 aliphatic rings. The minimum absolute atomic E-state index is 0.246. The van der Waals surface area contributed by atoms with Crippen molar-refractivity contribution >= 4 is 17.9 Å². The zero-order valence-electron chi connectivity index (χ0n) is 15.0. The highest BCUT2D eigenvalue weighted by atomic mass is 16.6. The van der Waals surface area contributed by atoms with Crippen molar-refractivity contribution in [2.75, 3.05) is 20.4 Å². The van der Waals surface area contributed by atoms with Crippen LogP contribution in [0.15, 0.2) is 15.0 Å². The van der Waals surface area contributed by atoms with Gasteiger partial charge in [0.2, 0.25) is 0 Å². The smallest absolute Gasteiger partial charge is 0.162 e. The number of aliphatic hydroxyl groups is 2. The van der Waals surface area contributed by atoms with Gasteiger partial charge in [0.25, 0.3) is 0 Å². The monoisotopic (exact) mass is 365 g/mol. The molecule has 26 heavy (non-hydrogen) atoms. The summed E-state index contributed by atoms with van der Waals surface area (Å²) in [5.41, 5.74) is 6.56. The molecule has 9 nitrogen and oxygen atoms in total. The van der Waals surface area contributed by atoms with Gasteiger partial charge < -0.3 is 30.3 Å². The van der Waals surface area contributed by atoms with Crippen LogP contribution >= 0.6 is 0 Å². The first kappa shape index (κ1) is 18.0. The summed E-state index contributed by atoms with van der Waals surface area (Å²) in [5.74, 6) is 0.876. The number of aliphatic imine (C=N–C) groups is 3. The molecule has 3 heterocycles. The molecule has 1 saturated carbocycles. The van der Waals surface area contributed by atoms with Crippen LogP contribution in [0.3, 0.4) is 0 Å². The molecule has 1 unspecified atom stereocenters. The van der Waals surface area contributed by atoms with Crippen molar-refractivity contribution in [2.24, 2.45) is 26.6 Å². The van der Waals surface area contributed by atoms with E-state index in [2.05, 4.69) is 15.0 Å². The van der Waals surface area contributed by atoms with Gasteiger partial charge >= 0.3 is 0 Å². The fraction of sp³-hybridized carbons (Fsp3) is 0.824. The van der Waals surface area contributed by atoms with Crippen molar-refractivity contribution in [3.05, 3.63) is 0 Å². The highest BCUT2D eigenvalue weighted by molar-refractivity contribution is 6.47. The predicted molar refractivity (Wildman–Crippen MR) is 96.1 cm³/mol. The Hall–Kier alpha value is -1.39. The Kier molecular flexibility index (Phi) is 4.83. The largest absolute Gasteiger partial charge is 0.394 e. The fourth-order valence-electron chi connectivity index (χ4n) is 4.52. The Morgan fingerprint density at radius 2 is 2.15 bits per heavy atom. The number of nitrogens with two attached hydrogens (primary N) is 1. The number of hydrogen-bond acceptors (Lipinski definition) is 9. The lowest BCUT2D eigenvalue weighted by atomic mass is 9.77. The van der Waals surface area contributed by atoms with E-state index in [0.29, 0.717) is 18.2 Å². The van der Waals surface area contributed by atoms with E-state index in [-0.39, 0.29) is 12.5 Å². The standard InChI is InChI=1S/C17H27N5O4/c1-25-13-12(24)11(7-23)26-16(13)22-9-20-14-15(22)19-8-21-17(14,18)10-5-3-2-4-6-10/h8,10-13,16,23-24H,2-7,9,18H2,1H3/t11-,12-,13-,16-,17?/m1/s1. The van der Waals surface area contributed by atoms with Crippen LogP contribution in [-0.4, -0.2) is 83.6 Å². The molecule has 3 aliphatic heterocycles. The van der Waals surface area contributed by atoms with Crippen LogP contribution < -0.4 is 5.73 Å². The Bertz CT molecular complexity index is 633. The summed E-state index contributed by atoms with van der Waals surface area (Å²) >= 11 is 0. The molecule has 0 aromatic carbocycles. The number of fused-ring (bicyclic) bond motifs is 1. The number of methoxy groups -OCH3 is 1. The van der Waals surface area contributed by atoms with E-state index < -0.39 is 30.2 Å². The Balaban J connectivity index is 1.58. The van der Waals surface area contributed by atoms with Gasteiger partial charge in [-0.05, 0) is 12.8 Å². The van der Waals surface area contributed by atoms with Gasteiger partial charge in [-0.1, -0.05) is 19.3 Å². The minimum atomic E-state index is -0.919. The normalized spacial score (nSPS) is 40.5. The number of amidine groups is 1. The van der Waals surface area contributed by atoms with E-state index in [1.54, 1.807) is 0 Å². The maximum absolute atomic E-state index is 10.3. The average molecular weight is 365 g/mol. The third-order valence-corrected chi connectivity index (χ3v) is 6.00. The van der Waals surface area contributed by atoms with Gasteiger partial charge in [0.15, 0.2) is 17.7 Å². The van der Waals surface area contributed by atoms with Crippen LogP contribution in [0.1, 0.15) is 32.1 Å². The lowest BCUT2D eigenvalue weighted by Gasteiger charge is -2.39. The molecule has 144 valence electrons. The summed E-state index contributed by atoms with van der Waals surface area (Å²) in [4.78, 5) is 15.4. The molecule has 5 atom stereocenters. The minimum Gasteiger partial charge on any atom is -0.394 e. The summed E-state index contributed by atoms with van der Waals surface area (Å²) in [6, 6.07) is 0. The van der Waals surface area contributed by atoms with Gasteiger partial charge in [-0.2, -0.15) is 0 Å². The molecule has 1 aliphatic carbocycles. The van der Waals surface area contributed by atoms with E-state index in [1.807, 2.05) is 4.90 Å². The van der Waals surface area contributed by atoms with Crippen molar-refractivity contribution in [3.63, 3.8) is 0 Å². The number of rotatable bonds is 4. The summed E-state index contributed by atoms with van der Waals surface area (Å²) in [6.07, 6.45) is 4.32. The number of ether oxygens (including phenoxy) is 2. The fourth-order valence-corrected chi connectivity index (χ4v) is 4.52. The zero-order valence-corrected chi connectivity index (χ0v) is 15.0. The van der Waals surface area contributed by atoms with Crippen molar-refractivity contribution in [1.29, 1.82) is 0 Å². The SMILES string of the molecule is CO[C@@H]1[C@H](O)[C@@H](CO)O[C@H]1N1CN=C2C1=NC=NC2(N)C1CCCCC1. The molecule has 0 aromatic heterocycles. The zero-order chi connectivity index (χ0) is 18.3. The molecule has 0 amide bonds. The maximum atomic E-state index is 10.3. The van der Waals surface area contributed by atoms with Crippen LogP contribution in [0.2, 0.25) is 0 Å². The average Bonchev–Trinajstić information content (AvgIpc) is 3.24. The molecular weight excluding hydrogens is 338 g/mol. The van der Waals surface area contributed by atoms with Gasteiger partial charge in [-0.25, -0.2) is 9.98 Å². The molecule has 9 heteroatoms. The van der Waals surface area contributed by atoms with Gasteiger partial charge in [-0.15, -0.1) is 0 Å². The lowest BCUT2D eigenvalue weighted by Crippen LogP contribution is -2.59. The van der Waals surface area contributed by atoms with Crippen LogP contribution in [0, 0.1) is 5.92 Å². The second-order valence-corrected chi connectivity index (χ2v) is 7.41. The Morgan fingerprint density at radius 3 is 2.85 bits per heavy atom. The number of nitrogens with zero attached hydrogens (tertiary/aromatic N) is 4. The highest BCUT2D eigenvalue weighted by Crippen LogP contribution is 2.37. The molecule has 0 bridgehead atoms. The Morgan fingerprint density at radius 1 is 1.38 bits per heavy atom. The highest BCUT2D eigenvalue weighted by Gasteiger charge is 2.52. The summed E-state index contributed by atoms with van der Waals surface area (Å²) in [6.45, 7) is 0.0362. The van der Waals surface area contributed by atoms with Crippen LogP contribution in [0.4, 0.5) is 0 Å². The predicted octanol–water partition coefficient (Wildman–Crippen LogP) is -0.531. The van der Waals surface area contributed by atoms with Gasteiger partial charge in [0.05, 0.1) is 6.61 Å².